The molecule has 0 atom stereocenters. The topological polar surface area (TPSA) is 72.0 Å². The van der Waals surface area contributed by atoms with Gasteiger partial charge < -0.3 is 10.5 Å². The highest BCUT2D eigenvalue weighted by Crippen LogP contribution is 2.12. The van der Waals surface area contributed by atoms with E-state index in [1.807, 2.05) is 30.3 Å². The van der Waals surface area contributed by atoms with Crippen LogP contribution in [0.5, 0.6) is 0 Å². The van der Waals surface area contributed by atoms with Gasteiger partial charge in [0.2, 0.25) is 0 Å². The number of nitrogen functional groups attached to an aromatic ring is 1. The second-order valence-electron chi connectivity index (χ2n) is 4.04. The highest BCUT2D eigenvalue weighted by Gasteiger charge is 2.06. The average Bonchev–Trinajstić information content (AvgIpc) is 2.41. The summed E-state index contributed by atoms with van der Waals surface area (Å²) in [5.41, 5.74) is 7.78. The van der Waals surface area contributed by atoms with E-state index in [9.17, 15) is 0 Å². The van der Waals surface area contributed by atoms with Gasteiger partial charge in [0.05, 0.1) is 13.2 Å². The summed E-state index contributed by atoms with van der Waals surface area (Å²) in [5.74, 6) is -0.0503. The molecule has 2 aromatic rings. The van der Waals surface area contributed by atoms with Crippen molar-refractivity contribution in [2.45, 2.75) is 13.2 Å². The van der Waals surface area contributed by atoms with Gasteiger partial charge in [-0.2, -0.15) is 0 Å². The number of benzene rings is 1. The molecule has 1 aromatic heterocycles. The van der Waals surface area contributed by atoms with E-state index in [0.717, 1.165) is 11.1 Å². The van der Waals surface area contributed by atoms with Gasteiger partial charge in [0.25, 0.3) is 0 Å². The van der Waals surface area contributed by atoms with Crippen LogP contribution in [0.1, 0.15) is 16.8 Å². The summed E-state index contributed by atoms with van der Waals surface area (Å²) in [4.78, 5) is 4.07. The van der Waals surface area contributed by atoms with Gasteiger partial charge in [-0.25, -0.2) is 0 Å². The number of ether oxygens (including phenoxy) is 1. The smallest absolute Gasteiger partial charge is 0.142 e. The normalized spacial score (nSPS) is 10.4. The molecule has 0 bridgehead atoms. The monoisotopic (exact) mass is 275 g/mol. The molecule has 0 saturated carbocycles. The summed E-state index contributed by atoms with van der Waals surface area (Å²) in [6, 6.07) is 11.1. The van der Waals surface area contributed by atoms with Crippen molar-refractivity contribution in [3.63, 3.8) is 0 Å². The Labute approximate surface area is 116 Å². The van der Waals surface area contributed by atoms with Gasteiger partial charge in [-0.3, -0.25) is 10.4 Å². The number of hydrogen-bond donors (Lipinski definition) is 2. The van der Waals surface area contributed by atoms with Crippen LogP contribution < -0.4 is 5.73 Å². The maximum atomic E-state index is 7.44. The zero-order valence-electron chi connectivity index (χ0n) is 10.3. The van der Waals surface area contributed by atoms with Crippen molar-refractivity contribution < 1.29 is 4.74 Å². The third-order valence-electron chi connectivity index (χ3n) is 2.59. The molecule has 0 aliphatic carbocycles. The molecule has 0 aliphatic rings. The number of nitrogens with two attached hydrogens (primary N) is 1. The maximum absolute atomic E-state index is 7.44. The molecule has 0 unspecified atom stereocenters. The first-order valence-corrected chi connectivity index (χ1v) is 6.15. The van der Waals surface area contributed by atoms with Gasteiger partial charge in [-0.15, -0.1) is 0 Å². The molecule has 0 spiro atoms. The van der Waals surface area contributed by atoms with Crippen LogP contribution in [0.3, 0.4) is 0 Å². The lowest BCUT2D eigenvalue weighted by Crippen LogP contribution is -2.16. The van der Waals surface area contributed by atoms with E-state index in [-0.39, 0.29) is 5.84 Å². The van der Waals surface area contributed by atoms with Crippen LogP contribution in [-0.4, -0.2) is 10.8 Å². The number of pyridine rings is 1. The SMILES string of the molecule is N=C(N)c1ncccc1COCc1ccc(Cl)cc1. The quantitative estimate of drug-likeness (QED) is 0.651. The Bertz CT molecular complexity index is 569. The molecular weight excluding hydrogens is 262 g/mol. The minimum Gasteiger partial charge on any atom is -0.382 e. The Morgan fingerprint density at radius 3 is 2.63 bits per heavy atom. The van der Waals surface area contributed by atoms with Crippen molar-refractivity contribution >= 4 is 17.4 Å². The number of hydrogen-bond acceptors (Lipinski definition) is 3. The molecule has 0 aliphatic heterocycles. The summed E-state index contributed by atoms with van der Waals surface area (Å²) < 4.78 is 5.60. The molecule has 1 heterocycles. The molecule has 19 heavy (non-hydrogen) atoms. The van der Waals surface area contributed by atoms with Gasteiger partial charge in [0, 0.05) is 16.8 Å². The number of halogens is 1. The Hall–Kier alpha value is -1.91. The van der Waals surface area contributed by atoms with Crippen molar-refractivity contribution in [2.75, 3.05) is 0 Å². The Morgan fingerprint density at radius 1 is 1.21 bits per heavy atom. The lowest BCUT2D eigenvalue weighted by molar-refractivity contribution is 0.107. The second-order valence-corrected chi connectivity index (χ2v) is 4.48. The molecule has 2 rings (SSSR count). The Balaban J connectivity index is 1.96. The van der Waals surface area contributed by atoms with Crippen molar-refractivity contribution in [1.29, 1.82) is 5.41 Å². The van der Waals surface area contributed by atoms with Crippen LogP contribution in [0.4, 0.5) is 0 Å². The van der Waals surface area contributed by atoms with Crippen molar-refractivity contribution in [2.24, 2.45) is 5.73 Å². The van der Waals surface area contributed by atoms with Gasteiger partial charge >= 0.3 is 0 Å². The number of aromatic nitrogens is 1. The predicted octanol–water partition coefficient (Wildman–Crippen LogP) is 2.74. The first-order valence-electron chi connectivity index (χ1n) is 5.77. The van der Waals surface area contributed by atoms with E-state index in [2.05, 4.69) is 4.98 Å². The number of nitrogens with one attached hydrogen (secondary N) is 1. The van der Waals surface area contributed by atoms with Crippen LogP contribution in [0.15, 0.2) is 42.6 Å². The predicted molar refractivity (Wildman–Crippen MR) is 75.2 cm³/mol. The van der Waals surface area contributed by atoms with Crippen LogP contribution >= 0.6 is 11.6 Å². The maximum Gasteiger partial charge on any atom is 0.142 e. The highest BCUT2D eigenvalue weighted by molar-refractivity contribution is 6.30. The molecule has 4 nitrogen and oxygen atoms in total. The summed E-state index contributed by atoms with van der Waals surface area (Å²) in [6.45, 7) is 0.842. The van der Waals surface area contributed by atoms with E-state index in [1.54, 1.807) is 12.3 Å². The Kier molecular flexibility index (Phi) is 4.49. The zero-order valence-corrected chi connectivity index (χ0v) is 11.0. The third-order valence-corrected chi connectivity index (χ3v) is 2.84. The first-order chi connectivity index (χ1) is 9.16. The standard InChI is InChI=1S/C14H14ClN3O/c15-12-5-3-10(4-6-12)8-19-9-11-2-1-7-18-13(11)14(16)17/h1-7H,8-9H2,(H3,16,17). The van der Waals surface area contributed by atoms with Crippen LogP contribution in [0.25, 0.3) is 0 Å². The number of amidine groups is 1. The summed E-state index contributed by atoms with van der Waals surface area (Å²) >= 11 is 5.81. The third kappa shape index (κ3) is 3.77. The van der Waals surface area contributed by atoms with Gasteiger partial charge in [-0.05, 0) is 23.8 Å². The summed E-state index contributed by atoms with van der Waals surface area (Å²) in [5, 5.41) is 8.15. The van der Waals surface area contributed by atoms with Crippen LogP contribution in [-0.2, 0) is 18.0 Å². The number of rotatable bonds is 5. The largest absolute Gasteiger partial charge is 0.382 e. The zero-order chi connectivity index (χ0) is 13.7. The molecule has 0 amide bonds. The van der Waals surface area contributed by atoms with Crippen molar-refractivity contribution in [3.05, 3.63) is 64.4 Å². The molecule has 98 valence electrons. The molecule has 0 fully saturated rings. The van der Waals surface area contributed by atoms with Crippen LogP contribution in [0, 0.1) is 5.41 Å². The minimum atomic E-state index is -0.0503. The van der Waals surface area contributed by atoms with E-state index < -0.39 is 0 Å². The average molecular weight is 276 g/mol. The second kappa shape index (κ2) is 6.31. The molecule has 3 N–H and O–H groups in total. The van der Waals surface area contributed by atoms with E-state index >= 15 is 0 Å². The molecule has 1 aromatic carbocycles. The highest BCUT2D eigenvalue weighted by atomic mass is 35.5. The van der Waals surface area contributed by atoms with Gasteiger partial charge in [-0.1, -0.05) is 29.8 Å². The number of nitrogens with zero attached hydrogens (tertiary/aromatic N) is 1. The molecule has 0 radical (unpaired) electrons. The van der Waals surface area contributed by atoms with Crippen molar-refractivity contribution in [3.8, 4) is 0 Å². The van der Waals surface area contributed by atoms with E-state index in [0.29, 0.717) is 23.9 Å². The lowest BCUT2D eigenvalue weighted by atomic mass is 10.2. The van der Waals surface area contributed by atoms with E-state index in [4.69, 9.17) is 27.5 Å². The fourth-order valence-corrected chi connectivity index (χ4v) is 1.78. The fraction of sp³-hybridized carbons (Fsp3) is 0.143. The fourth-order valence-electron chi connectivity index (χ4n) is 1.66. The molecule has 0 saturated heterocycles. The lowest BCUT2D eigenvalue weighted by Gasteiger charge is -2.08. The minimum absolute atomic E-state index is 0.0503. The van der Waals surface area contributed by atoms with E-state index in [1.165, 1.54) is 0 Å². The Morgan fingerprint density at radius 2 is 1.95 bits per heavy atom. The van der Waals surface area contributed by atoms with Gasteiger partial charge in [0.15, 0.2) is 0 Å². The van der Waals surface area contributed by atoms with Crippen molar-refractivity contribution in [1.82, 2.24) is 4.98 Å². The van der Waals surface area contributed by atoms with Gasteiger partial charge in [0.1, 0.15) is 11.5 Å². The summed E-state index contributed by atoms with van der Waals surface area (Å²) in [6.07, 6.45) is 1.61. The summed E-state index contributed by atoms with van der Waals surface area (Å²) in [7, 11) is 0. The molecular formula is C14H14ClN3O. The molecule has 5 heteroatoms. The van der Waals surface area contributed by atoms with Crippen LogP contribution in [0.2, 0.25) is 5.02 Å². The first kappa shape index (κ1) is 13.5.